The van der Waals surface area contributed by atoms with Crippen LogP contribution in [0.15, 0.2) is 48.5 Å². The smallest absolute Gasteiger partial charge is 0.229 e. The van der Waals surface area contributed by atoms with E-state index in [4.69, 9.17) is 16.3 Å². The van der Waals surface area contributed by atoms with Gasteiger partial charge in [-0.25, -0.2) is 4.98 Å². The predicted molar refractivity (Wildman–Crippen MR) is 107 cm³/mol. The third-order valence-corrected chi connectivity index (χ3v) is 4.13. The van der Waals surface area contributed by atoms with Crippen LogP contribution in [0.25, 0.3) is 0 Å². The molecule has 5 nitrogen and oxygen atoms in total. The Morgan fingerprint density at radius 3 is 2.46 bits per heavy atom. The molecule has 0 aliphatic carbocycles. The van der Waals surface area contributed by atoms with Gasteiger partial charge in [0, 0.05) is 22.5 Å². The number of aryl methyl sites for hydroxylation is 2. The van der Waals surface area contributed by atoms with Gasteiger partial charge in [0.1, 0.15) is 11.6 Å². The molecule has 3 rings (SSSR count). The molecular weight excluding hydrogens is 348 g/mol. The van der Waals surface area contributed by atoms with Crippen molar-refractivity contribution in [1.29, 1.82) is 0 Å². The fraction of sp³-hybridized carbons (Fsp3) is 0.200. The molecular formula is C20H21ClN4O. The molecule has 2 N–H and O–H groups in total. The second kappa shape index (κ2) is 8.06. The number of methoxy groups -OCH3 is 1. The molecule has 0 aliphatic rings. The first-order valence-electron chi connectivity index (χ1n) is 8.39. The molecule has 1 aromatic heterocycles. The lowest BCUT2D eigenvalue weighted by Crippen LogP contribution is -2.03. The number of anilines is 4. The second-order valence-corrected chi connectivity index (χ2v) is 6.30. The zero-order valence-electron chi connectivity index (χ0n) is 15.0. The van der Waals surface area contributed by atoms with Gasteiger partial charge in [0.2, 0.25) is 5.95 Å². The van der Waals surface area contributed by atoms with E-state index < -0.39 is 0 Å². The molecule has 26 heavy (non-hydrogen) atoms. The van der Waals surface area contributed by atoms with Crippen molar-refractivity contribution in [2.24, 2.45) is 0 Å². The Hall–Kier alpha value is -2.79. The quantitative estimate of drug-likeness (QED) is 0.601. The summed E-state index contributed by atoms with van der Waals surface area (Å²) >= 11 is 6.09. The number of ether oxygens (including phenoxy) is 1. The average Bonchev–Trinajstić information content (AvgIpc) is 2.62. The first-order valence-corrected chi connectivity index (χ1v) is 8.77. The highest BCUT2D eigenvalue weighted by atomic mass is 35.5. The van der Waals surface area contributed by atoms with E-state index in [9.17, 15) is 0 Å². The summed E-state index contributed by atoms with van der Waals surface area (Å²) in [5, 5.41) is 7.11. The van der Waals surface area contributed by atoms with E-state index in [0.29, 0.717) is 22.5 Å². The van der Waals surface area contributed by atoms with Crippen LogP contribution < -0.4 is 15.4 Å². The average molecular weight is 369 g/mol. The minimum absolute atomic E-state index is 0.526. The molecule has 0 aliphatic heterocycles. The number of benzene rings is 2. The molecule has 3 aromatic rings. The van der Waals surface area contributed by atoms with Crippen LogP contribution in [0, 0.1) is 6.92 Å². The molecule has 134 valence electrons. The SMILES string of the molecule is CCc1ccc(Nc2nc(C)cc(Nc3cc(Cl)ccc3OC)n2)cc1. The molecule has 0 fully saturated rings. The van der Waals surface area contributed by atoms with Crippen molar-refractivity contribution in [1.82, 2.24) is 9.97 Å². The van der Waals surface area contributed by atoms with E-state index in [1.807, 2.05) is 31.2 Å². The van der Waals surface area contributed by atoms with Crippen LogP contribution >= 0.6 is 11.6 Å². The Kier molecular flexibility index (Phi) is 5.58. The Morgan fingerprint density at radius 2 is 1.77 bits per heavy atom. The van der Waals surface area contributed by atoms with Crippen molar-refractivity contribution in [3.8, 4) is 5.75 Å². The van der Waals surface area contributed by atoms with E-state index >= 15 is 0 Å². The number of hydrogen-bond acceptors (Lipinski definition) is 5. The van der Waals surface area contributed by atoms with Gasteiger partial charge in [-0.3, -0.25) is 0 Å². The summed E-state index contributed by atoms with van der Waals surface area (Å²) in [5.74, 6) is 1.87. The zero-order valence-corrected chi connectivity index (χ0v) is 15.8. The largest absolute Gasteiger partial charge is 0.495 e. The summed E-state index contributed by atoms with van der Waals surface area (Å²) < 4.78 is 5.37. The van der Waals surface area contributed by atoms with Crippen LogP contribution in [-0.2, 0) is 6.42 Å². The number of rotatable bonds is 6. The maximum Gasteiger partial charge on any atom is 0.229 e. The molecule has 0 bridgehead atoms. The van der Waals surface area contributed by atoms with Gasteiger partial charge in [0.25, 0.3) is 0 Å². The maximum absolute atomic E-state index is 6.09. The Labute approximate surface area is 158 Å². The van der Waals surface area contributed by atoms with Gasteiger partial charge in [-0.1, -0.05) is 30.7 Å². The van der Waals surface area contributed by atoms with Crippen LogP contribution in [-0.4, -0.2) is 17.1 Å². The number of aromatic nitrogens is 2. The number of hydrogen-bond donors (Lipinski definition) is 2. The Morgan fingerprint density at radius 1 is 1.00 bits per heavy atom. The van der Waals surface area contributed by atoms with Crippen molar-refractivity contribution in [2.45, 2.75) is 20.3 Å². The van der Waals surface area contributed by atoms with Crippen LogP contribution in [0.4, 0.5) is 23.1 Å². The Balaban J connectivity index is 1.84. The molecule has 0 radical (unpaired) electrons. The highest BCUT2D eigenvalue weighted by Gasteiger charge is 2.08. The van der Waals surface area contributed by atoms with E-state index in [1.54, 1.807) is 19.2 Å². The summed E-state index contributed by atoms with van der Waals surface area (Å²) in [6.07, 6.45) is 1.01. The van der Waals surface area contributed by atoms with Crippen LogP contribution in [0.3, 0.4) is 0 Å². The van der Waals surface area contributed by atoms with E-state index in [0.717, 1.165) is 23.5 Å². The van der Waals surface area contributed by atoms with E-state index in [1.165, 1.54) is 5.56 Å². The summed E-state index contributed by atoms with van der Waals surface area (Å²) in [5.41, 5.74) is 3.82. The van der Waals surface area contributed by atoms with Gasteiger partial charge in [0.15, 0.2) is 0 Å². The molecule has 1 heterocycles. The molecule has 0 amide bonds. The third kappa shape index (κ3) is 4.43. The molecule has 0 unspecified atom stereocenters. The zero-order chi connectivity index (χ0) is 18.5. The third-order valence-electron chi connectivity index (χ3n) is 3.90. The Bertz CT molecular complexity index is 897. The van der Waals surface area contributed by atoms with Gasteiger partial charge in [0.05, 0.1) is 12.8 Å². The summed E-state index contributed by atoms with van der Waals surface area (Å²) in [6, 6.07) is 15.5. The van der Waals surface area contributed by atoms with Crippen molar-refractivity contribution in [3.05, 3.63) is 64.8 Å². The second-order valence-electron chi connectivity index (χ2n) is 5.86. The van der Waals surface area contributed by atoms with Crippen LogP contribution in [0.2, 0.25) is 5.02 Å². The molecule has 0 saturated heterocycles. The van der Waals surface area contributed by atoms with Gasteiger partial charge < -0.3 is 15.4 Å². The molecule has 2 aromatic carbocycles. The fourth-order valence-corrected chi connectivity index (χ4v) is 2.73. The monoisotopic (exact) mass is 368 g/mol. The number of nitrogens with zero attached hydrogens (tertiary/aromatic N) is 2. The summed E-state index contributed by atoms with van der Waals surface area (Å²) in [4.78, 5) is 8.99. The molecule has 0 saturated carbocycles. The molecule has 0 atom stereocenters. The van der Waals surface area contributed by atoms with Crippen molar-refractivity contribution < 1.29 is 4.74 Å². The van der Waals surface area contributed by atoms with Gasteiger partial charge >= 0.3 is 0 Å². The van der Waals surface area contributed by atoms with Crippen molar-refractivity contribution in [3.63, 3.8) is 0 Å². The maximum atomic E-state index is 6.09. The van der Waals surface area contributed by atoms with Gasteiger partial charge in [-0.05, 0) is 49.2 Å². The molecule has 6 heteroatoms. The van der Waals surface area contributed by atoms with Crippen molar-refractivity contribution in [2.75, 3.05) is 17.7 Å². The highest BCUT2D eigenvalue weighted by Crippen LogP contribution is 2.30. The van der Waals surface area contributed by atoms with Crippen LogP contribution in [0.5, 0.6) is 5.75 Å². The lowest BCUT2D eigenvalue weighted by molar-refractivity contribution is 0.417. The molecule has 0 spiro atoms. The number of halogens is 1. The lowest BCUT2D eigenvalue weighted by atomic mass is 10.1. The standard InChI is InChI=1S/C20H21ClN4O/c1-4-14-5-8-16(9-6-14)23-20-22-13(2)11-19(25-20)24-17-12-15(21)7-10-18(17)26-3/h5-12H,4H2,1-3H3,(H2,22,23,24,25). The minimum Gasteiger partial charge on any atom is -0.495 e. The number of nitrogens with one attached hydrogen (secondary N) is 2. The first-order chi connectivity index (χ1) is 12.6. The highest BCUT2D eigenvalue weighted by molar-refractivity contribution is 6.31. The van der Waals surface area contributed by atoms with Crippen molar-refractivity contribution >= 4 is 34.7 Å². The summed E-state index contributed by atoms with van der Waals surface area (Å²) in [7, 11) is 1.62. The normalized spacial score (nSPS) is 10.5. The van der Waals surface area contributed by atoms with E-state index in [2.05, 4.69) is 39.7 Å². The van der Waals surface area contributed by atoms with E-state index in [-0.39, 0.29) is 0 Å². The van der Waals surface area contributed by atoms with Gasteiger partial charge in [-0.15, -0.1) is 0 Å². The predicted octanol–water partition coefficient (Wildman–Crippen LogP) is 5.50. The minimum atomic E-state index is 0.526. The topological polar surface area (TPSA) is 59.1 Å². The van der Waals surface area contributed by atoms with Gasteiger partial charge in [-0.2, -0.15) is 4.98 Å². The van der Waals surface area contributed by atoms with Crippen LogP contribution in [0.1, 0.15) is 18.2 Å². The fourth-order valence-electron chi connectivity index (χ4n) is 2.56. The lowest BCUT2D eigenvalue weighted by Gasteiger charge is -2.13. The summed E-state index contributed by atoms with van der Waals surface area (Å²) in [6.45, 7) is 4.06. The first kappa shape index (κ1) is 18.0.